The summed E-state index contributed by atoms with van der Waals surface area (Å²) in [5.74, 6) is -2.07. The van der Waals surface area contributed by atoms with Gasteiger partial charge in [0.25, 0.3) is 0 Å². The molecule has 0 aliphatic heterocycles. The Hall–Kier alpha value is -2.17. The molecule has 0 aromatic carbocycles. The van der Waals surface area contributed by atoms with Crippen molar-refractivity contribution in [2.24, 2.45) is 23.7 Å². The minimum absolute atomic E-state index is 0.0190. The number of carboxylic acid groups (broad SMARTS) is 1. The van der Waals surface area contributed by atoms with Crippen LogP contribution >= 0.6 is 0 Å². The van der Waals surface area contributed by atoms with E-state index in [-0.39, 0.29) is 23.8 Å². The molecule has 1 heterocycles. The number of allylic oxidation sites excluding steroid dienone is 2. The first-order valence-corrected chi connectivity index (χ1v) is 7.69. The molecule has 1 saturated carbocycles. The summed E-state index contributed by atoms with van der Waals surface area (Å²) in [6, 6.07) is 3.55. The van der Waals surface area contributed by atoms with E-state index in [4.69, 9.17) is 0 Å². The van der Waals surface area contributed by atoms with Gasteiger partial charge in [-0.05, 0) is 49.3 Å². The van der Waals surface area contributed by atoms with Crippen LogP contribution in [0.3, 0.4) is 0 Å². The summed E-state index contributed by atoms with van der Waals surface area (Å²) < 4.78 is 0. The lowest BCUT2D eigenvalue weighted by Gasteiger charge is -2.42. The molecular weight excluding hydrogens is 280 g/mol. The van der Waals surface area contributed by atoms with Gasteiger partial charge in [0.05, 0.1) is 17.9 Å². The number of carbonyl (C=O) groups excluding carboxylic acids is 1. The van der Waals surface area contributed by atoms with Gasteiger partial charge in [0.1, 0.15) is 0 Å². The Morgan fingerprint density at radius 3 is 2.32 bits per heavy atom. The van der Waals surface area contributed by atoms with Gasteiger partial charge in [-0.1, -0.05) is 12.2 Å². The zero-order valence-corrected chi connectivity index (χ0v) is 12.5. The van der Waals surface area contributed by atoms with Crippen LogP contribution in [-0.2, 0) is 9.59 Å². The molecule has 1 aromatic heterocycles. The summed E-state index contributed by atoms with van der Waals surface area (Å²) in [5, 5.41) is 12.5. The lowest BCUT2D eigenvalue weighted by molar-refractivity contribution is -0.153. The van der Waals surface area contributed by atoms with E-state index in [1.54, 1.807) is 12.4 Å². The average molecular weight is 300 g/mol. The van der Waals surface area contributed by atoms with E-state index in [0.29, 0.717) is 0 Å². The summed E-state index contributed by atoms with van der Waals surface area (Å²) in [6.45, 7) is 1.90. The first-order chi connectivity index (χ1) is 10.6. The van der Waals surface area contributed by atoms with Crippen LogP contribution < -0.4 is 5.32 Å². The number of carboxylic acids is 1. The molecule has 5 nitrogen and oxygen atoms in total. The van der Waals surface area contributed by atoms with Gasteiger partial charge in [-0.2, -0.15) is 0 Å². The Bertz CT molecular complexity index is 599. The number of nitrogens with zero attached hydrogens (tertiary/aromatic N) is 1. The topological polar surface area (TPSA) is 79.3 Å². The van der Waals surface area contributed by atoms with Crippen LogP contribution in [0.2, 0.25) is 0 Å². The van der Waals surface area contributed by atoms with Crippen molar-refractivity contribution in [2.45, 2.75) is 25.8 Å². The van der Waals surface area contributed by atoms with Crippen molar-refractivity contribution in [1.29, 1.82) is 0 Å². The van der Waals surface area contributed by atoms with Crippen molar-refractivity contribution in [1.82, 2.24) is 10.3 Å². The minimum Gasteiger partial charge on any atom is -0.481 e. The quantitative estimate of drug-likeness (QED) is 0.835. The molecule has 4 rings (SSSR count). The standard InChI is InChI=1S/C17H20N2O3/c1-10(11-6-8-18-9-7-11)19-16(20)14-12-2-4-13(5-3-12)15(14)17(21)22/h2,4,6-10,12-15H,3,5H2,1H3,(H,19,20)(H,21,22)/t10-,12+,13+,14+,15+/m1/s1. The molecule has 22 heavy (non-hydrogen) atoms. The van der Waals surface area contributed by atoms with Crippen molar-refractivity contribution in [3.63, 3.8) is 0 Å². The van der Waals surface area contributed by atoms with Gasteiger partial charge in [0.2, 0.25) is 5.91 Å². The van der Waals surface area contributed by atoms with Crippen molar-refractivity contribution in [3.05, 3.63) is 42.2 Å². The number of amides is 1. The third kappa shape index (κ3) is 2.63. The SMILES string of the molecule is C[C@@H](NC(=O)[C@@H]1[C@@H](C(=O)O)[C@H]2C=C[C@H]1CC2)c1ccncc1. The summed E-state index contributed by atoms with van der Waals surface area (Å²) in [7, 11) is 0. The number of aliphatic carboxylic acids is 1. The van der Waals surface area contributed by atoms with Crippen molar-refractivity contribution in [2.75, 3.05) is 0 Å². The Labute approximate surface area is 129 Å². The van der Waals surface area contributed by atoms with Crippen molar-refractivity contribution >= 4 is 11.9 Å². The van der Waals surface area contributed by atoms with Crippen LogP contribution in [0.1, 0.15) is 31.4 Å². The third-order valence-electron chi connectivity index (χ3n) is 4.90. The average Bonchev–Trinajstić information content (AvgIpc) is 2.55. The molecule has 2 N–H and O–H groups in total. The fraction of sp³-hybridized carbons (Fsp3) is 0.471. The molecule has 3 aliphatic carbocycles. The second-order valence-electron chi connectivity index (χ2n) is 6.19. The molecular formula is C17H20N2O3. The maximum absolute atomic E-state index is 12.7. The molecule has 1 amide bonds. The maximum atomic E-state index is 12.7. The first-order valence-electron chi connectivity index (χ1n) is 7.69. The molecule has 1 aromatic rings. The summed E-state index contributed by atoms with van der Waals surface area (Å²) in [6.07, 6.45) is 9.12. The van der Waals surface area contributed by atoms with E-state index in [1.165, 1.54) is 0 Å². The molecule has 2 bridgehead atoms. The van der Waals surface area contributed by atoms with Crippen LogP contribution in [0.15, 0.2) is 36.7 Å². The highest BCUT2D eigenvalue weighted by molar-refractivity contribution is 5.86. The van der Waals surface area contributed by atoms with E-state index in [0.717, 1.165) is 18.4 Å². The Balaban J connectivity index is 1.76. The predicted octanol–water partition coefficient (Wildman–Crippen LogP) is 2.17. The maximum Gasteiger partial charge on any atom is 0.307 e. The Morgan fingerprint density at radius 2 is 1.77 bits per heavy atom. The highest BCUT2D eigenvalue weighted by Gasteiger charge is 2.48. The number of pyridine rings is 1. The van der Waals surface area contributed by atoms with Crippen LogP contribution in [0.25, 0.3) is 0 Å². The summed E-state index contributed by atoms with van der Waals surface area (Å²) >= 11 is 0. The number of hydrogen-bond acceptors (Lipinski definition) is 3. The van der Waals surface area contributed by atoms with Gasteiger partial charge in [-0.25, -0.2) is 0 Å². The lowest BCUT2D eigenvalue weighted by atomic mass is 9.62. The van der Waals surface area contributed by atoms with E-state index in [1.807, 2.05) is 31.2 Å². The second-order valence-corrected chi connectivity index (χ2v) is 6.19. The number of rotatable bonds is 4. The normalized spacial score (nSPS) is 30.8. The number of hydrogen-bond donors (Lipinski definition) is 2. The second kappa shape index (κ2) is 5.91. The minimum atomic E-state index is -0.865. The number of carbonyl (C=O) groups is 2. The van der Waals surface area contributed by atoms with Crippen LogP contribution in [0.5, 0.6) is 0 Å². The largest absolute Gasteiger partial charge is 0.481 e. The zero-order chi connectivity index (χ0) is 15.7. The molecule has 0 spiro atoms. The smallest absolute Gasteiger partial charge is 0.307 e. The van der Waals surface area contributed by atoms with Crippen molar-refractivity contribution < 1.29 is 14.7 Å². The zero-order valence-electron chi connectivity index (χ0n) is 12.5. The van der Waals surface area contributed by atoms with E-state index in [9.17, 15) is 14.7 Å². The fourth-order valence-electron chi connectivity index (χ4n) is 3.73. The Morgan fingerprint density at radius 1 is 1.18 bits per heavy atom. The van der Waals surface area contributed by atoms with Gasteiger partial charge in [0.15, 0.2) is 0 Å². The summed E-state index contributed by atoms with van der Waals surface area (Å²) in [5.41, 5.74) is 0.965. The number of aromatic nitrogens is 1. The Kier molecular flexibility index (Phi) is 3.96. The van der Waals surface area contributed by atoms with Gasteiger partial charge in [-0.15, -0.1) is 0 Å². The van der Waals surface area contributed by atoms with Gasteiger partial charge >= 0.3 is 5.97 Å². The first kappa shape index (κ1) is 14.8. The van der Waals surface area contributed by atoms with Gasteiger partial charge < -0.3 is 10.4 Å². The van der Waals surface area contributed by atoms with Crippen LogP contribution in [-0.4, -0.2) is 22.0 Å². The predicted molar refractivity (Wildman–Crippen MR) is 80.8 cm³/mol. The highest BCUT2D eigenvalue weighted by Crippen LogP contribution is 2.45. The van der Waals surface area contributed by atoms with Crippen molar-refractivity contribution in [3.8, 4) is 0 Å². The van der Waals surface area contributed by atoms with E-state index >= 15 is 0 Å². The number of fused-ring (bicyclic) bond motifs is 2. The lowest BCUT2D eigenvalue weighted by Crippen LogP contribution is -2.49. The molecule has 116 valence electrons. The highest BCUT2D eigenvalue weighted by atomic mass is 16.4. The van der Waals surface area contributed by atoms with Gasteiger partial charge in [0, 0.05) is 12.4 Å². The molecule has 0 radical (unpaired) electrons. The van der Waals surface area contributed by atoms with Crippen LogP contribution in [0.4, 0.5) is 0 Å². The fourth-order valence-corrected chi connectivity index (χ4v) is 3.73. The molecule has 0 unspecified atom stereocenters. The molecule has 1 fully saturated rings. The monoisotopic (exact) mass is 300 g/mol. The molecule has 3 aliphatic rings. The molecule has 5 heteroatoms. The third-order valence-corrected chi connectivity index (χ3v) is 4.90. The van der Waals surface area contributed by atoms with E-state index in [2.05, 4.69) is 10.3 Å². The number of nitrogens with one attached hydrogen (secondary N) is 1. The molecule has 0 saturated heterocycles. The summed E-state index contributed by atoms with van der Waals surface area (Å²) in [4.78, 5) is 28.2. The van der Waals surface area contributed by atoms with Crippen LogP contribution in [0, 0.1) is 23.7 Å². The molecule has 5 atom stereocenters. The van der Waals surface area contributed by atoms with E-state index < -0.39 is 17.8 Å². The van der Waals surface area contributed by atoms with Gasteiger partial charge in [-0.3, -0.25) is 14.6 Å².